The van der Waals surface area contributed by atoms with Crippen LogP contribution in [0.15, 0.2) is 48.5 Å². The Morgan fingerprint density at radius 2 is 1.92 bits per heavy atom. The Balaban J connectivity index is 1.46. The maximum Gasteiger partial charge on any atom is 0.226 e. The van der Waals surface area contributed by atoms with Crippen molar-refractivity contribution >= 4 is 17.5 Å². The van der Waals surface area contributed by atoms with Crippen LogP contribution in [0.4, 0.5) is 0 Å². The fourth-order valence-electron chi connectivity index (χ4n) is 3.68. The van der Waals surface area contributed by atoms with E-state index in [0.29, 0.717) is 5.92 Å². The molecule has 0 N–H and O–H groups in total. The summed E-state index contributed by atoms with van der Waals surface area (Å²) in [5, 5.41) is 0.731. The van der Waals surface area contributed by atoms with E-state index in [1.165, 1.54) is 5.56 Å². The highest BCUT2D eigenvalue weighted by Crippen LogP contribution is 2.52. The Hall–Kier alpha value is -2.00. The molecule has 4 heteroatoms. The number of hydrogen-bond acceptors (Lipinski definition) is 2. The summed E-state index contributed by atoms with van der Waals surface area (Å²) in [6.45, 7) is 0.848. The molecule has 24 heavy (non-hydrogen) atoms. The maximum atomic E-state index is 12.9. The summed E-state index contributed by atoms with van der Waals surface area (Å²) in [6, 6.07) is 16.1. The number of hydrogen-bond donors (Lipinski definition) is 0. The molecule has 1 saturated carbocycles. The van der Waals surface area contributed by atoms with Gasteiger partial charge in [-0.3, -0.25) is 4.79 Å². The molecule has 4 rings (SSSR count). The van der Waals surface area contributed by atoms with Gasteiger partial charge in [-0.2, -0.15) is 0 Å². The first-order valence-corrected chi connectivity index (χ1v) is 8.75. The van der Waals surface area contributed by atoms with E-state index in [4.69, 9.17) is 16.3 Å². The predicted octanol–water partition coefficient (Wildman–Crippen LogP) is 4.43. The molecule has 3 atom stereocenters. The molecular weight excluding hydrogens is 322 g/mol. The molecule has 0 bridgehead atoms. The van der Waals surface area contributed by atoms with Gasteiger partial charge in [0.25, 0.3) is 0 Å². The van der Waals surface area contributed by atoms with Crippen molar-refractivity contribution in [2.75, 3.05) is 13.7 Å². The summed E-state index contributed by atoms with van der Waals surface area (Å²) in [5.41, 5.74) is 2.33. The monoisotopic (exact) mass is 341 g/mol. The van der Waals surface area contributed by atoms with Gasteiger partial charge in [0.1, 0.15) is 5.75 Å². The lowest BCUT2D eigenvalue weighted by Crippen LogP contribution is -2.46. The van der Waals surface area contributed by atoms with E-state index in [1.807, 2.05) is 47.4 Å². The highest BCUT2D eigenvalue weighted by molar-refractivity contribution is 6.30. The van der Waals surface area contributed by atoms with Crippen LogP contribution in [0.3, 0.4) is 0 Å². The van der Waals surface area contributed by atoms with Gasteiger partial charge in [-0.05, 0) is 48.1 Å². The standard InChI is InChI=1S/C20H20ClNO2/c1-24-19-5-3-2-4-15(19)16-12-17(16)20(23)22-11-10-18(22)13-6-8-14(21)9-7-13/h2-9,16-18H,10-12H2,1H3/t16-,17+,18-/m0/s1. The molecule has 1 amide bonds. The average Bonchev–Trinajstić information content (AvgIpc) is 3.36. The van der Waals surface area contributed by atoms with E-state index in [1.54, 1.807) is 7.11 Å². The summed E-state index contributed by atoms with van der Waals surface area (Å²) in [7, 11) is 1.68. The van der Waals surface area contributed by atoms with Crippen LogP contribution in [-0.4, -0.2) is 24.5 Å². The Kier molecular flexibility index (Phi) is 3.97. The third-order valence-corrected chi connectivity index (χ3v) is 5.46. The number of amides is 1. The van der Waals surface area contributed by atoms with E-state index < -0.39 is 0 Å². The second kappa shape index (κ2) is 6.14. The van der Waals surface area contributed by atoms with Gasteiger partial charge in [0.05, 0.1) is 13.2 Å². The molecule has 2 aromatic rings. The number of carbonyl (C=O) groups excluding carboxylic acids is 1. The minimum atomic E-state index is 0.0939. The van der Waals surface area contributed by atoms with Crippen LogP contribution in [0.2, 0.25) is 5.02 Å². The van der Waals surface area contributed by atoms with E-state index in [9.17, 15) is 4.79 Å². The summed E-state index contributed by atoms with van der Waals surface area (Å²) >= 11 is 5.96. The summed E-state index contributed by atoms with van der Waals surface area (Å²) < 4.78 is 5.44. The predicted molar refractivity (Wildman–Crippen MR) is 94.4 cm³/mol. The molecule has 1 aliphatic heterocycles. The van der Waals surface area contributed by atoms with Gasteiger partial charge < -0.3 is 9.64 Å². The lowest BCUT2D eigenvalue weighted by molar-refractivity contribution is -0.140. The van der Waals surface area contributed by atoms with Crippen molar-refractivity contribution < 1.29 is 9.53 Å². The van der Waals surface area contributed by atoms with Crippen molar-refractivity contribution in [2.24, 2.45) is 5.92 Å². The first kappa shape index (κ1) is 15.5. The Morgan fingerprint density at radius 3 is 2.58 bits per heavy atom. The average molecular weight is 342 g/mol. The zero-order valence-corrected chi connectivity index (χ0v) is 14.4. The summed E-state index contributed by atoms with van der Waals surface area (Å²) in [6.07, 6.45) is 1.95. The number of para-hydroxylation sites is 1. The zero-order valence-electron chi connectivity index (χ0n) is 13.6. The SMILES string of the molecule is COc1ccccc1[C@@H]1C[C@H]1C(=O)N1CC[C@H]1c1ccc(Cl)cc1. The molecule has 0 spiro atoms. The molecule has 0 unspecified atom stereocenters. The molecule has 1 saturated heterocycles. The highest BCUT2D eigenvalue weighted by atomic mass is 35.5. The van der Waals surface area contributed by atoms with E-state index in [-0.39, 0.29) is 17.9 Å². The van der Waals surface area contributed by atoms with Gasteiger partial charge in [0.15, 0.2) is 0 Å². The van der Waals surface area contributed by atoms with Crippen molar-refractivity contribution in [2.45, 2.75) is 24.8 Å². The molecule has 0 aromatic heterocycles. The molecule has 1 heterocycles. The zero-order chi connectivity index (χ0) is 16.7. The number of likely N-dealkylation sites (tertiary alicyclic amines) is 1. The van der Waals surface area contributed by atoms with Crippen LogP contribution < -0.4 is 4.74 Å². The van der Waals surface area contributed by atoms with Crippen LogP contribution in [0.5, 0.6) is 5.75 Å². The molecule has 3 nitrogen and oxygen atoms in total. The van der Waals surface area contributed by atoms with E-state index in [2.05, 4.69) is 6.07 Å². The smallest absolute Gasteiger partial charge is 0.226 e. The Morgan fingerprint density at radius 1 is 1.17 bits per heavy atom. The van der Waals surface area contributed by atoms with Crippen LogP contribution in [0.1, 0.15) is 35.9 Å². The van der Waals surface area contributed by atoms with Crippen molar-refractivity contribution in [3.8, 4) is 5.75 Å². The van der Waals surface area contributed by atoms with Gasteiger partial charge in [0.2, 0.25) is 5.91 Å². The number of methoxy groups -OCH3 is 1. The van der Waals surface area contributed by atoms with Crippen molar-refractivity contribution in [3.63, 3.8) is 0 Å². The topological polar surface area (TPSA) is 29.5 Å². The maximum absolute atomic E-state index is 12.9. The summed E-state index contributed by atoms with van der Waals surface area (Å²) in [4.78, 5) is 14.9. The second-order valence-electron chi connectivity index (χ2n) is 6.58. The van der Waals surface area contributed by atoms with Gasteiger partial charge >= 0.3 is 0 Å². The Bertz CT molecular complexity index is 758. The lowest BCUT2D eigenvalue weighted by atomic mass is 9.93. The van der Waals surface area contributed by atoms with Crippen LogP contribution in [0.25, 0.3) is 0 Å². The largest absolute Gasteiger partial charge is 0.496 e. The Labute approximate surface area is 147 Å². The number of halogens is 1. The fourth-order valence-corrected chi connectivity index (χ4v) is 3.81. The third-order valence-electron chi connectivity index (χ3n) is 5.20. The number of rotatable bonds is 4. The number of ether oxygens (including phenoxy) is 1. The van der Waals surface area contributed by atoms with Crippen molar-refractivity contribution in [1.29, 1.82) is 0 Å². The first-order chi connectivity index (χ1) is 11.7. The summed E-state index contributed by atoms with van der Waals surface area (Å²) in [5.74, 6) is 1.55. The van der Waals surface area contributed by atoms with Crippen LogP contribution >= 0.6 is 11.6 Å². The number of benzene rings is 2. The lowest BCUT2D eigenvalue weighted by Gasteiger charge is -2.41. The van der Waals surface area contributed by atoms with Gasteiger partial charge in [0, 0.05) is 17.5 Å². The molecular formula is C20H20ClNO2. The minimum Gasteiger partial charge on any atom is -0.496 e. The van der Waals surface area contributed by atoms with E-state index >= 15 is 0 Å². The number of carbonyl (C=O) groups is 1. The van der Waals surface area contributed by atoms with Gasteiger partial charge in [-0.15, -0.1) is 0 Å². The molecule has 2 fully saturated rings. The minimum absolute atomic E-state index is 0.0939. The first-order valence-electron chi connectivity index (χ1n) is 8.38. The normalized spacial score (nSPS) is 25.1. The molecule has 124 valence electrons. The van der Waals surface area contributed by atoms with Gasteiger partial charge in [-0.25, -0.2) is 0 Å². The molecule has 0 radical (unpaired) electrons. The van der Waals surface area contributed by atoms with Crippen molar-refractivity contribution in [3.05, 3.63) is 64.7 Å². The third kappa shape index (κ3) is 2.67. The second-order valence-corrected chi connectivity index (χ2v) is 7.01. The quantitative estimate of drug-likeness (QED) is 0.823. The highest BCUT2D eigenvalue weighted by Gasteiger charge is 2.49. The fraction of sp³-hybridized carbons (Fsp3) is 0.350. The molecule has 2 aliphatic rings. The van der Waals surface area contributed by atoms with Crippen LogP contribution in [0, 0.1) is 5.92 Å². The van der Waals surface area contributed by atoms with Crippen LogP contribution in [-0.2, 0) is 4.79 Å². The van der Waals surface area contributed by atoms with Gasteiger partial charge in [-0.1, -0.05) is 41.9 Å². The molecule has 1 aliphatic carbocycles. The molecule has 2 aromatic carbocycles. The van der Waals surface area contributed by atoms with E-state index in [0.717, 1.165) is 35.7 Å². The number of nitrogens with zero attached hydrogens (tertiary/aromatic N) is 1. The van der Waals surface area contributed by atoms with Crippen molar-refractivity contribution in [1.82, 2.24) is 4.90 Å².